The Kier molecular flexibility index (Phi) is 6.02. The number of anilines is 1. The molecule has 0 aromatic heterocycles. The average Bonchev–Trinajstić information content (AvgIpc) is 2.49. The Morgan fingerprint density at radius 2 is 2.10 bits per heavy atom. The van der Waals surface area contributed by atoms with Gasteiger partial charge in [0.05, 0.1) is 18.8 Å². The Morgan fingerprint density at radius 3 is 2.81 bits per heavy atom. The van der Waals surface area contributed by atoms with Crippen LogP contribution in [0.5, 0.6) is 5.75 Å². The maximum absolute atomic E-state index is 12.1. The van der Waals surface area contributed by atoms with Gasteiger partial charge in [0.2, 0.25) is 5.91 Å². The molecule has 1 heterocycles. The molecular weight excluding hydrogens is 266 g/mol. The number of benzene rings is 1. The number of nitrogens with one attached hydrogen (secondary N) is 1. The Labute approximate surface area is 126 Å². The van der Waals surface area contributed by atoms with Gasteiger partial charge in [0.15, 0.2) is 0 Å². The zero-order valence-corrected chi connectivity index (χ0v) is 12.7. The molecule has 0 unspecified atom stereocenters. The minimum atomic E-state index is -0.00183. The minimum absolute atomic E-state index is 0.00183. The molecule has 0 atom stereocenters. The van der Waals surface area contributed by atoms with Crippen molar-refractivity contribution in [3.8, 4) is 5.75 Å². The van der Waals surface area contributed by atoms with Crippen molar-refractivity contribution in [3.63, 3.8) is 0 Å². The van der Waals surface area contributed by atoms with Crippen LogP contribution in [0, 0.1) is 0 Å². The van der Waals surface area contributed by atoms with E-state index in [2.05, 4.69) is 17.1 Å². The number of hydrogen-bond acceptors (Lipinski definition) is 4. The van der Waals surface area contributed by atoms with Crippen molar-refractivity contribution in [2.24, 2.45) is 5.73 Å². The zero-order valence-electron chi connectivity index (χ0n) is 12.7. The van der Waals surface area contributed by atoms with Crippen molar-refractivity contribution in [3.05, 3.63) is 24.3 Å². The Hall–Kier alpha value is -1.59. The largest absolute Gasteiger partial charge is 0.491 e. The van der Waals surface area contributed by atoms with Crippen LogP contribution in [-0.2, 0) is 4.79 Å². The number of carbonyl (C=O) groups excluding carboxylic acids is 1. The lowest BCUT2D eigenvalue weighted by Crippen LogP contribution is -2.43. The van der Waals surface area contributed by atoms with Crippen molar-refractivity contribution in [2.45, 2.75) is 32.2 Å². The monoisotopic (exact) mass is 291 g/mol. The second-order valence-corrected chi connectivity index (χ2v) is 5.51. The third-order valence-corrected chi connectivity index (χ3v) is 3.62. The van der Waals surface area contributed by atoms with Gasteiger partial charge in [0.25, 0.3) is 0 Å². The summed E-state index contributed by atoms with van der Waals surface area (Å²) in [5.41, 5.74) is 6.61. The van der Waals surface area contributed by atoms with Crippen LogP contribution in [0.3, 0.4) is 0 Å². The van der Waals surface area contributed by atoms with E-state index in [-0.39, 0.29) is 11.9 Å². The van der Waals surface area contributed by atoms with Crippen molar-refractivity contribution in [1.29, 1.82) is 0 Å². The number of rotatable bonds is 6. The number of nitrogens with zero attached hydrogens (tertiary/aromatic N) is 1. The molecule has 1 aromatic rings. The van der Waals surface area contributed by atoms with Gasteiger partial charge in [-0.1, -0.05) is 19.1 Å². The van der Waals surface area contributed by atoms with E-state index in [1.165, 1.54) is 0 Å². The maximum atomic E-state index is 12.1. The van der Waals surface area contributed by atoms with Crippen molar-refractivity contribution < 1.29 is 9.53 Å². The van der Waals surface area contributed by atoms with Gasteiger partial charge in [-0.2, -0.15) is 0 Å². The van der Waals surface area contributed by atoms with E-state index in [0.29, 0.717) is 13.2 Å². The number of amides is 1. The van der Waals surface area contributed by atoms with Gasteiger partial charge in [0.1, 0.15) is 5.75 Å². The summed E-state index contributed by atoms with van der Waals surface area (Å²) < 4.78 is 5.65. The molecule has 0 aliphatic carbocycles. The third kappa shape index (κ3) is 5.02. The Morgan fingerprint density at radius 1 is 1.38 bits per heavy atom. The molecule has 0 spiro atoms. The summed E-state index contributed by atoms with van der Waals surface area (Å²) >= 11 is 0. The molecule has 116 valence electrons. The molecule has 0 radical (unpaired) electrons. The third-order valence-electron chi connectivity index (χ3n) is 3.62. The zero-order chi connectivity index (χ0) is 15.1. The van der Waals surface area contributed by atoms with E-state index in [1.807, 2.05) is 24.3 Å². The van der Waals surface area contributed by atoms with Crippen molar-refractivity contribution in [2.75, 3.05) is 31.6 Å². The Bertz CT molecular complexity index is 457. The van der Waals surface area contributed by atoms with E-state index in [0.717, 1.165) is 43.8 Å². The van der Waals surface area contributed by atoms with Gasteiger partial charge in [-0.15, -0.1) is 0 Å². The SMILES string of the molecule is CCCOc1ccccc1NC(=O)CN1CCC(N)CC1. The first kappa shape index (κ1) is 15.8. The number of nitrogens with two attached hydrogens (primary N) is 1. The highest BCUT2D eigenvalue weighted by molar-refractivity contribution is 5.93. The number of carbonyl (C=O) groups is 1. The van der Waals surface area contributed by atoms with Crippen LogP contribution in [0.2, 0.25) is 0 Å². The molecule has 1 aliphatic heterocycles. The molecule has 5 nitrogen and oxygen atoms in total. The van der Waals surface area contributed by atoms with Gasteiger partial charge in [-0.05, 0) is 31.4 Å². The molecule has 1 aromatic carbocycles. The number of piperidine rings is 1. The highest BCUT2D eigenvalue weighted by atomic mass is 16.5. The first-order chi connectivity index (χ1) is 10.2. The van der Waals surface area contributed by atoms with Crippen molar-refractivity contribution >= 4 is 11.6 Å². The predicted molar refractivity (Wildman–Crippen MR) is 84.5 cm³/mol. The normalized spacial score (nSPS) is 16.7. The predicted octanol–water partition coefficient (Wildman–Crippen LogP) is 1.84. The van der Waals surface area contributed by atoms with E-state index in [4.69, 9.17) is 10.5 Å². The Balaban J connectivity index is 1.87. The smallest absolute Gasteiger partial charge is 0.238 e. The molecule has 1 amide bonds. The van der Waals surface area contributed by atoms with E-state index in [9.17, 15) is 4.79 Å². The molecule has 21 heavy (non-hydrogen) atoms. The van der Waals surface area contributed by atoms with E-state index in [1.54, 1.807) is 0 Å². The summed E-state index contributed by atoms with van der Waals surface area (Å²) in [5.74, 6) is 0.728. The molecular formula is C16H25N3O2. The summed E-state index contributed by atoms with van der Waals surface area (Å²) in [5, 5.41) is 2.94. The summed E-state index contributed by atoms with van der Waals surface area (Å²) in [6, 6.07) is 7.84. The molecule has 2 rings (SSSR count). The molecule has 1 saturated heterocycles. The van der Waals surface area contributed by atoms with Crippen molar-refractivity contribution in [1.82, 2.24) is 4.90 Å². The number of para-hydroxylation sites is 2. The lowest BCUT2D eigenvalue weighted by molar-refractivity contribution is -0.117. The maximum Gasteiger partial charge on any atom is 0.238 e. The summed E-state index contributed by atoms with van der Waals surface area (Å²) in [4.78, 5) is 14.3. The number of ether oxygens (including phenoxy) is 1. The van der Waals surface area contributed by atoms with Gasteiger partial charge in [-0.3, -0.25) is 9.69 Å². The standard InChI is InChI=1S/C16H25N3O2/c1-2-11-21-15-6-4-3-5-14(15)18-16(20)12-19-9-7-13(17)8-10-19/h3-6,13H,2,7-12,17H2,1H3,(H,18,20). The fraction of sp³-hybridized carbons (Fsp3) is 0.562. The fourth-order valence-corrected chi connectivity index (χ4v) is 2.41. The molecule has 0 bridgehead atoms. The first-order valence-electron chi connectivity index (χ1n) is 7.68. The molecule has 5 heteroatoms. The van der Waals surface area contributed by atoms with Gasteiger partial charge in [0, 0.05) is 19.1 Å². The van der Waals surface area contributed by atoms with Gasteiger partial charge >= 0.3 is 0 Å². The molecule has 3 N–H and O–H groups in total. The van der Waals surface area contributed by atoms with Crippen LogP contribution in [-0.4, -0.2) is 43.1 Å². The second-order valence-electron chi connectivity index (χ2n) is 5.51. The lowest BCUT2D eigenvalue weighted by atomic mass is 10.1. The van der Waals surface area contributed by atoms with Crippen LogP contribution in [0.1, 0.15) is 26.2 Å². The second kappa shape index (κ2) is 8.00. The lowest BCUT2D eigenvalue weighted by Gasteiger charge is -2.29. The molecule has 1 fully saturated rings. The minimum Gasteiger partial charge on any atom is -0.491 e. The van der Waals surface area contributed by atoms with Crippen LogP contribution in [0.15, 0.2) is 24.3 Å². The fourth-order valence-electron chi connectivity index (χ4n) is 2.41. The highest BCUT2D eigenvalue weighted by Gasteiger charge is 2.18. The summed E-state index contributed by atoms with van der Waals surface area (Å²) in [6.45, 7) is 4.90. The summed E-state index contributed by atoms with van der Waals surface area (Å²) in [6.07, 6.45) is 2.86. The van der Waals surface area contributed by atoms with Crippen LogP contribution < -0.4 is 15.8 Å². The number of likely N-dealkylation sites (tertiary alicyclic amines) is 1. The van der Waals surface area contributed by atoms with Crippen LogP contribution >= 0.6 is 0 Å². The molecule has 0 saturated carbocycles. The molecule has 1 aliphatic rings. The van der Waals surface area contributed by atoms with Gasteiger partial charge < -0.3 is 15.8 Å². The van der Waals surface area contributed by atoms with Crippen LogP contribution in [0.25, 0.3) is 0 Å². The quantitative estimate of drug-likeness (QED) is 0.839. The van der Waals surface area contributed by atoms with E-state index >= 15 is 0 Å². The van der Waals surface area contributed by atoms with Gasteiger partial charge in [-0.25, -0.2) is 0 Å². The number of hydrogen-bond donors (Lipinski definition) is 2. The average molecular weight is 291 g/mol. The summed E-state index contributed by atoms with van der Waals surface area (Å²) in [7, 11) is 0. The first-order valence-corrected chi connectivity index (χ1v) is 7.68. The van der Waals surface area contributed by atoms with Crippen LogP contribution in [0.4, 0.5) is 5.69 Å². The van der Waals surface area contributed by atoms with E-state index < -0.39 is 0 Å². The highest BCUT2D eigenvalue weighted by Crippen LogP contribution is 2.23. The topological polar surface area (TPSA) is 67.6 Å².